The molecule has 31 heavy (non-hydrogen) atoms. The first-order valence-corrected chi connectivity index (χ1v) is 10.8. The second kappa shape index (κ2) is 9.31. The molecule has 1 unspecified atom stereocenters. The van der Waals surface area contributed by atoms with Gasteiger partial charge in [-0.05, 0) is 43.9 Å². The SMILES string of the molecule is CC(=O)C(Cc1ccccc1)NC(=O)CN1CCC(n2c(=O)[nH]c3ccccc32)CC1. The molecule has 3 aromatic rings. The maximum absolute atomic E-state index is 12.6. The third-order valence-corrected chi connectivity index (χ3v) is 6.02. The first-order valence-electron chi connectivity index (χ1n) is 10.8. The van der Waals surface area contributed by atoms with Crippen molar-refractivity contribution in [2.24, 2.45) is 0 Å². The van der Waals surface area contributed by atoms with E-state index in [2.05, 4.69) is 15.2 Å². The zero-order valence-corrected chi connectivity index (χ0v) is 17.7. The zero-order valence-electron chi connectivity index (χ0n) is 17.7. The number of hydrogen-bond donors (Lipinski definition) is 2. The number of hydrogen-bond acceptors (Lipinski definition) is 4. The number of rotatable bonds is 7. The summed E-state index contributed by atoms with van der Waals surface area (Å²) in [7, 11) is 0. The number of carbonyl (C=O) groups is 2. The van der Waals surface area contributed by atoms with Crippen LogP contribution in [-0.2, 0) is 16.0 Å². The number of fused-ring (bicyclic) bond motifs is 1. The third-order valence-electron chi connectivity index (χ3n) is 6.02. The van der Waals surface area contributed by atoms with E-state index < -0.39 is 6.04 Å². The molecule has 0 saturated carbocycles. The van der Waals surface area contributed by atoms with Gasteiger partial charge in [-0.15, -0.1) is 0 Å². The number of amides is 1. The van der Waals surface area contributed by atoms with Gasteiger partial charge in [-0.3, -0.25) is 19.1 Å². The summed E-state index contributed by atoms with van der Waals surface area (Å²) in [5.74, 6) is -0.187. The highest BCUT2D eigenvalue weighted by molar-refractivity contribution is 5.88. The van der Waals surface area contributed by atoms with Gasteiger partial charge in [-0.25, -0.2) is 4.79 Å². The summed E-state index contributed by atoms with van der Waals surface area (Å²) >= 11 is 0. The van der Waals surface area contributed by atoms with Crippen molar-refractivity contribution in [2.45, 2.75) is 38.3 Å². The summed E-state index contributed by atoms with van der Waals surface area (Å²) < 4.78 is 1.85. The van der Waals surface area contributed by atoms with Gasteiger partial charge < -0.3 is 10.3 Å². The lowest BCUT2D eigenvalue weighted by atomic mass is 10.0. The van der Waals surface area contributed by atoms with Gasteiger partial charge in [0.25, 0.3) is 0 Å². The Kier molecular flexibility index (Phi) is 6.32. The summed E-state index contributed by atoms with van der Waals surface area (Å²) in [5, 5.41) is 2.89. The minimum atomic E-state index is -0.516. The number of aromatic amines is 1. The van der Waals surface area contributed by atoms with E-state index in [1.165, 1.54) is 6.92 Å². The molecule has 4 rings (SSSR count). The highest BCUT2D eigenvalue weighted by Gasteiger charge is 2.25. The maximum atomic E-state index is 12.6. The molecule has 0 spiro atoms. The number of aromatic nitrogens is 2. The molecule has 7 nitrogen and oxygen atoms in total. The molecule has 2 aromatic carbocycles. The van der Waals surface area contributed by atoms with Crippen molar-refractivity contribution in [2.75, 3.05) is 19.6 Å². The van der Waals surface area contributed by atoms with Crippen LogP contribution in [0, 0.1) is 0 Å². The fraction of sp³-hybridized carbons (Fsp3) is 0.375. The van der Waals surface area contributed by atoms with Gasteiger partial charge in [0.1, 0.15) is 0 Å². The maximum Gasteiger partial charge on any atom is 0.326 e. The van der Waals surface area contributed by atoms with Crippen LogP contribution in [0.15, 0.2) is 59.4 Å². The Morgan fingerprint density at radius 2 is 1.74 bits per heavy atom. The summed E-state index contributed by atoms with van der Waals surface area (Å²) in [5.41, 5.74) is 2.72. The van der Waals surface area contributed by atoms with Gasteiger partial charge in [-0.2, -0.15) is 0 Å². The van der Waals surface area contributed by atoms with Crippen LogP contribution in [0.4, 0.5) is 0 Å². The van der Waals surface area contributed by atoms with Crippen molar-refractivity contribution in [3.63, 3.8) is 0 Å². The fourth-order valence-corrected chi connectivity index (χ4v) is 4.36. The molecule has 0 aliphatic carbocycles. The van der Waals surface area contributed by atoms with Crippen molar-refractivity contribution < 1.29 is 9.59 Å². The number of para-hydroxylation sites is 2. The van der Waals surface area contributed by atoms with E-state index in [4.69, 9.17) is 0 Å². The molecule has 1 aromatic heterocycles. The minimum absolute atomic E-state index is 0.0466. The lowest BCUT2D eigenvalue weighted by molar-refractivity contribution is -0.127. The molecule has 1 amide bonds. The van der Waals surface area contributed by atoms with E-state index in [1.54, 1.807) is 0 Å². The molecule has 1 saturated heterocycles. The van der Waals surface area contributed by atoms with Gasteiger partial charge in [-0.1, -0.05) is 42.5 Å². The highest BCUT2D eigenvalue weighted by Crippen LogP contribution is 2.24. The van der Waals surface area contributed by atoms with Gasteiger partial charge in [0.15, 0.2) is 5.78 Å². The van der Waals surface area contributed by atoms with Crippen LogP contribution in [0.2, 0.25) is 0 Å². The number of benzene rings is 2. The van der Waals surface area contributed by atoms with Crippen LogP contribution in [0.25, 0.3) is 11.0 Å². The quantitative estimate of drug-likeness (QED) is 0.614. The van der Waals surface area contributed by atoms with Crippen LogP contribution < -0.4 is 11.0 Å². The van der Waals surface area contributed by atoms with Crippen molar-refractivity contribution in [1.29, 1.82) is 0 Å². The summed E-state index contributed by atoms with van der Waals surface area (Å²) in [6, 6.07) is 17.0. The molecule has 0 radical (unpaired) electrons. The average Bonchev–Trinajstić information content (AvgIpc) is 3.10. The molecule has 162 valence electrons. The second-order valence-corrected chi connectivity index (χ2v) is 8.25. The van der Waals surface area contributed by atoms with E-state index in [-0.39, 0.29) is 30.0 Å². The number of nitrogens with zero attached hydrogens (tertiary/aromatic N) is 2. The first kappa shape index (κ1) is 21.1. The second-order valence-electron chi connectivity index (χ2n) is 8.25. The van der Waals surface area contributed by atoms with Gasteiger partial charge in [0.2, 0.25) is 5.91 Å². The molecule has 2 N–H and O–H groups in total. The van der Waals surface area contributed by atoms with Crippen molar-refractivity contribution in [1.82, 2.24) is 19.8 Å². The highest BCUT2D eigenvalue weighted by atomic mass is 16.2. The number of carbonyl (C=O) groups excluding carboxylic acids is 2. The molecule has 7 heteroatoms. The Hall–Kier alpha value is -3.19. The van der Waals surface area contributed by atoms with Crippen LogP contribution in [0.5, 0.6) is 0 Å². The largest absolute Gasteiger partial charge is 0.345 e. The predicted octanol–water partition coefficient (Wildman–Crippen LogP) is 2.28. The minimum Gasteiger partial charge on any atom is -0.345 e. The zero-order chi connectivity index (χ0) is 21.8. The van der Waals surface area contributed by atoms with E-state index in [1.807, 2.05) is 59.2 Å². The van der Waals surface area contributed by atoms with E-state index in [9.17, 15) is 14.4 Å². The number of piperidine rings is 1. The lowest BCUT2D eigenvalue weighted by Gasteiger charge is -2.32. The Balaban J connectivity index is 1.33. The Bertz CT molecular complexity index is 1110. The summed E-state index contributed by atoms with van der Waals surface area (Å²) in [6.07, 6.45) is 2.10. The molecular weight excluding hydrogens is 392 g/mol. The van der Waals surface area contributed by atoms with Gasteiger partial charge in [0, 0.05) is 19.1 Å². The molecule has 1 fully saturated rings. The molecule has 0 bridgehead atoms. The first-order chi connectivity index (χ1) is 15.0. The monoisotopic (exact) mass is 420 g/mol. The van der Waals surface area contributed by atoms with Crippen LogP contribution in [0.3, 0.4) is 0 Å². The van der Waals surface area contributed by atoms with E-state index >= 15 is 0 Å². The van der Waals surface area contributed by atoms with Gasteiger partial charge in [0.05, 0.1) is 23.6 Å². The number of ketones is 1. The predicted molar refractivity (Wildman–Crippen MR) is 120 cm³/mol. The van der Waals surface area contributed by atoms with Gasteiger partial charge >= 0.3 is 5.69 Å². The summed E-state index contributed by atoms with van der Waals surface area (Å²) in [6.45, 7) is 3.23. The van der Waals surface area contributed by atoms with Crippen molar-refractivity contribution in [3.8, 4) is 0 Å². The number of Topliss-reactive ketones (excluding diaryl/α,β-unsaturated/α-hetero) is 1. The third kappa shape index (κ3) is 4.94. The van der Waals surface area contributed by atoms with Crippen LogP contribution in [-0.4, -0.2) is 51.8 Å². The van der Waals surface area contributed by atoms with Crippen molar-refractivity contribution >= 4 is 22.7 Å². The number of nitrogens with one attached hydrogen (secondary N) is 2. The van der Waals surface area contributed by atoms with E-state index in [0.29, 0.717) is 6.42 Å². The standard InChI is InChI=1S/C24H28N4O3/c1-17(29)21(15-18-7-3-2-4-8-18)25-23(30)16-27-13-11-19(12-14-27)28-22-10-6-5-9-20(22)26-24(28)31/h2-10,19,21H,11-16H2,1H3,(H,25,30)(H,26,31). The number of imidazole rings is 1. The van der Waals surface area contributed by atoms with Crippen molar-refractivity contribution in [3.05, 3.63) is 70.6 Å². The smallest absolute Gasteiger partial charge is 0.326 e. The normalized spacial score (nSPS) is 16.3. The number of likely N-dealkylation sites (tertiary alicyclic amines) is 1. The number of H-pyrrole nitrogens is 1. The van der Waals surface area contributed by atoms with E-state index in [0.717, 1.165) is 42.5 Å². The molecule has 1 aliphatic rings. The van der Waals surface area contributed by atoms with Crippen LogP contribution >= 0.6 is 0 Å². The molecule has 2 heterocycles. The van der Waals surface area contributed by atoms with Crippen LogP contribution in [0.1, 0.15) is 31.4 Å². The fourth-order valence-electron chi connectivity index (χ4n) is 4.36. The lowest BCUT2D eigenvalue weighted by Crippen LogP contribution is -2.47. The Morgan fingerprint density at radius 1 is 1.06 bits per heavy atom. The average molecular weight is 421 g/mol. The topological polar surface area (TPSA) is 87.2 Å². The molecule has 1 aliphatic heterocycles. The molecule has 1 atom stereocenters. The Labute approximate surface area is 181 Å². The molecular formula is C24H28N4O3. The summed E-state index contributed by atoms with van der Waals surface area (Å²) in [4.78, 5) is 42.1. The Morgan fingerprint density at radius 3 is 2.45 bits per heavy atom.